The minimum Gasteiger partial charge on any atom is -0.443 e. The number of carbonyl (C=O) groups excluding carboxylic acids is 1. The number of hydrogen-bond donors (Lipinski definition) is 0. The molecule has 2 aliphatic rings. The topological polar surface area (TPSA) is 38.8 Å². The highest BCUT2D eigenvalue weighted by Crippen LogP contribution is 2.41. The van der Waals surface area contributed by atoms with Gasteiger partial charge in [-0.2, -0.15) is 5.06 Å². The number of rotatable bonds is 2. The van der Waals surface area contributed by atoms with Gasteiger partial charge >= 0.3 is 6.09 Å². The van der Waals surface area contributed by atoms with E-state index in [1.807, 2.05) is 30.3 Å². The summed E-state index contributed by atoms with van der Waals surface area (Å²) in [6.07, 6.45) is 0.975. The zero-order chi connectivity index (χ0) is 11.0. The van der Waals surface area contributed by atoms with E-state index in [4.69, 9.17) is 9.57 Å². The van der Waals surface area contributed by atoms with Crippen LogP contribution in [0.5, 0.6) is 0 Å². The minimum absolute atomic E-state index is 0.268. The predicted octanol–water partition coefficient (Wildman–Crippen LogP) is 1.96. The van der Waals surface area contributed by atoms with Gasteiger partial charge in [0.2, 0.25) is 0 Å². The summed E-state index contributed by atoms with van der Waals surface area (Å²) in [4.78, 5) is 16.9. The van der Waals surface area contributed by atoms with Crippen molar-refractivity contribution in [3.63, 3.8) is 0 Å². The molecule has 16 heavy (non-hydrogen) atoms. The Balaban J connectivity index is 1.50. The van der Waals surface area contributed by atoms with Gasteiger partial charge < -0.3 is 4.74 Å². The Hall–Kier alpha value is -1.55. The molecule has 1 saturated carbocycles. The normalized spacial score (nSPS) is 26.4. The summed E-state index contributed by atoms with van der Waals surface area (Å²) in [5, 5.41) is 1.34. The molecule has 1 saturated heterocycles. The van der Waals surface area contributed by atoms with E-state index in [0.717, 1.165) is 12.0 Å². The summed E-state index contributed by atoms with van der Waals surface area (Å²) in [5.74, 6) is 0.546. The number of hydrogen-bond acceptors (Lipinski definition) is 3. The van der Waals surface area contributed by atoms with Crippen molar-refractivity contribution in [3.8, 4) is 0 Å². The molecule has 1 aliphatic heterocycles. The lowest BCUT2D eigenvalue weighted by molar-refractivity contribution is -0.117. The molecule has 1 amide bonds. The summed E-state index contributed by atoms with van der Waals surface area (Å²) in [6, 6.07) is 9.63. The predicted molar refractivity (Wildman–Crippen MR) is 56.3 cm³/mol. The van der Waals surface area contributed by atoms with E-state index < -0.39 is 0 Å². The average molecular weight is 219 g/mol. The second-order valence-electron chi connectivity index (χ2n) is 4.24. The van der Waals surface area contributed by atoms with Gasteiger partial charge in [0.05, 0.1) is 12.6 Å². The maximum Gasteiger partial charge on any atom is 0.434 e. The van der Waals surface area contributed by atoms with E-state index in [2.05, 4.69) is 0 Å². The molecule has 2 atom stereocenters. The molecule has 4 nitrogen and oxygen atoms in total. The molecular weight excluding hydrogens is 206 g/mol. The van der Waals surface area contributed by atoms with E-state index in [1.54, 1.807) is 0 Å². The van der Waals surface area contributed by atoms with Crippen molar-refractivity contribution in [1.82, 2.24) is 5.06 Å². The fraction of sp³-hybridized carbons (Fsp3) is 0.417. The Morgan fingerprint density at radius 2 is 2.25 bits per heavy atom. The second-order valence-corrected chi connectivity index (χ2v) is 4.24. The van der Waals surface area contributed by atoms with Crippen LogP contribution in [0.4, 0.5) is 4.79 Å². The van der Waals surface area contributed by atoms with Crippen molar-refractivity contribution in [2.45, 2.75) is 19.1 Å². The van der Waals surface area contributed by atoms with E-state index >= 15 is 0 Å². The van der Waals surface area contributed by atoms with Gasteiger partial charge in [0, 0.05) is 5.92 Å². The van der Waals surface area contributed by atoms with Crippen LogP contribution in [0.2, 0.25) is 0 Å². The van der Waals surface area contributed by atoms with E-state index in [-0.39, 0.29) is 12.2 Å². The highest BCUT2D eigenvalue weighted by atomic mass is 16.7. The molecule has 2 unspecified atom stereocenters. The van der Waals surface area contributed by atoms with Gasteiger partial charge in [-0.25, -0.2) is 4.79 Å². The van der Waals surface area contributed by atoms with Gasteiger partial charge in [-0.15, -0.1) is 0 Å². The van der Waals surface area contributed by atoms with Crippen LogP contribution in [-0.2, 0) is 16.2 Å². The van der Waals surface area contributed by atoms with Crippen molar-refractivity contribution >= 4 is 6.09 Å². The summed E-state index contributed by atoms with van der Waals surface area (Å²) < 4.78 is 5.14. The average Bonchev–Trinajstić information content (AvgIpc) is 2.94. The lowest BCUT2D eigenvalue weighted by atomic mass is 10.2. The van der Waals surface area contributed by atoms with Crippen molar-refractivity contribution in [2.24, 2.45) is 5.92 Å². The zero-order valence-electron chi connectivity index (χ0n) is 8.83. The second kappa shape index (κ2) is 3.79. The molecule has 1 aromatic rings. The van der Waals surface area contributed by atoms with Gasteiger partial charge in [0.25, 0.3) is 0 Å². The molecule has 0 radical (unpaired) electrons. The number of benzene rings is 1. The SMILES string of the molecule is O=C(OCc1ccccc1)N1CC2CC2O1. The standard InChI is InChI=1S/C12H13NO3/c14-12(13-7-10-6-11(10)16-13)15-8-9-4-2-1-3-5-9/h1-5,10-11H,6-8H2. The van der Waals surface area contributed by atoms with Gasteiger partial charge in [-0.05, 0) is 12.0 Å². The highest BCUT2D eigenvalue weighted by molar-refractivity contribution is 5.66. The molecule has 0 spiro atoms. The van der Waals surface area contributed by atoms with Gasteiger partial charge in [-0.3, -0.25) is 4.84 Å². The Bertz CT molecular complexity index is 383. The Morgan fingerprint density at radius 1 is 1.44 bits per heavy atom. The smallest absolute Gasteiger partial charge is 0.434 e. The first-order valence-electron chi connectivity index (χ1n) is 5.48. The van der Waals surface area contributed by atoms with Gasteiger partial charge in [-0.1, -0.05) is 30.3 Å². The van der Waals surface area contributed by atoms with Gasteiger partial charge in [0.1, 0.15) is 6.61 Å². The molecule has 2 fully saturated rings. The fourth-order valence-corrected chi connectivity index (χ4v) is 1.87. The van der Waals surface area contributed by atoms with Crippen LogP contribution in [0.25, 0.3) is 0 Å². The summed E-state index contributed by atoms with van der Waals surface area (Å²) >= 11 is 0. The Morgan fingerprint density at radius 3 is 2.94 bits per heavy atom. The van der Waals surface area contributed by atoms with Crippen molar-refractivity contribution in [1.29, 1.82) is 0 Å². The number of nitrogens with zero attached hydrogens (tertiary/aromatic N) is 1. The first-order chi connectivity index (χ1) is 7.83. The van der Waals surface area contributed by atoms with Crippen LogP contribution in [0.3, 0.4) is 0 Å². The largest absolute Gasteiger partial charge is 0.443 e. The number of fused-ring (bicyclic) bond motifs is 1. The summed E-state index contributed by atoms with van der Waals surface area (Å²) in [7, 11) is 0. The van der Waals surface area contributed by atoms with Crippen LogP contribution < -0.4 is 0 Å². The third-order valence-corrected chi connectivity index (χ3v) is 2.93. The van der Waals surface area contributed by atoms with Crippen LogP contribution in [0.15, 0.2) is 30.3 Å². The van der Waals surface area contributed by atoms with Crippen molar-refractivity contribution in [2.75, 3.05) is 6.54 Å². The molecule has 84 valence electrons. The van der Waals surface area contributed by atoms with Crippen LogP contribution in [0.1, 0.15) is 12.0 Å². The van der Waals surface area contributed by atoms with Crippen LogP contribution >= 0.6 is 0 Å². The lowest BCUT2D eigenvalue weighted by Gasteiger charge is -2.16. The Kier molecular flexibility index (Phi) is 2.29. The third-order valence-electron chi connectivity index (χ3n) is 2.93. The molecule has 3 rings (SSSR count). The number of ether oxygens (including phenoxy) is 1. The molecule has 0 bridgehead atoms. The monoisotopic (exact) mass is 219 g/mol. The zero-order valence-corrected chi connectivity index (χ0v) is 8.83. The number of carbonyl (C=O) groups is 1. The molecular formula is C12H13NO3. The lowest BCUT2D eigenvalue weighted by Crippen LogP contribution is -2.29. The number of amides is 1. The first-order valence-corrected chi connectivity index (χ1v) is 5.48. The summed E-state index contributed by atoms with van der Waals surface area (Å²) in [5.41, 5.74) is 0.986. The Labute approximate surface area is 93.7 Å². The molecule has 1 aromatic carbocycles. The fourth-order valence-electron chi connectivity index (χ4n) is 1.87. The van der Waals surface area contributed by atoms with E-state index in [0.29, 0.717) is 19.1 Å². The van der Waals surface area contributed by atoms with Crippen LogP contribution in [-0.4, -0.2) is 23.8 Å². The van der Waals surface area contributed by atoms with Crippen molar-refractivity contribution < 1.29 is 14.4 Å². The van der Waals surface area contributed by atoms with Crippen molar-refractivity contribution in [3.05, 3.63) is 35.9 Å². The molecule has 1 heterocycles. The molecule has 0 aromatic heterocycles. The molecule has 1 aliphatic carbocycles. The molecule has 4 heteroatoms. The molecule has 0 N–H and O–H groups in total. The third kappa shape index (κ3) is 1.88. The highest BCUT2D eigenvalue weighted by Gasteiger charge is 2.49. The first kappa shape index (κ1) is 9.66. The van der Waals surface area contributed by atoms with E-state index in [9.17, 15) is 4.79 Å². The quantitative estimate of drug-likeness (QED) is 0.763. The maximum absolute atomic E-state index is 11.6. The number of hydroxylamine groups is 2. The van der Waals surface area contributed by atoms with E-state index in [1.165, 1.54) is 5.06 Å². The van der Waals surface area contributed by atoms with Gasteiger partial charge in [0.15, 0.2) is 0 Å². The van der Waals surface area contributed by atoms with Crippen LogP contribution in [0, 0.1) is 5.92 Å². The summed E-state index contributed by atoms with van der Waals surface area (Å²) in [6.45, 7) is 0.979. The minimum atomic E-state index is -0.379. The maximum atomic E-state index is 11.6.